The Balaban J connectivity index is 2.56. The molecule has 0 heterocycles. The van der Waals surface area contributed by atoms with E-state index in [9.17, 15) is 14.3 Å². The maximum atomic E-state index is 13.1. The summed E-state index contributed by atoms with van der Waals surface area (Å²) in [5, 5.41) is 18.7. The van der Waals surface area contributed by atoms with E-state index in [1.807, 2.05) is 0 Å². The smallest absolute Gasteiger partial charge is 0.335 e. The van der Waals surface area contributed by atoms with E-state index in [4.69, 9.17) is 9.84 Å². The number of ether oxygens (including phenoxy) is 1. The minimum Gasteiger partial charge on any atom is -0.507 e. The molecule has 0 saturated carbocycles. The second-order valence-corrected chi connectivity index (χ2v) is 3.88. The molecule has 0 unspecified atom stereocenters. The third kappa shape index (κ3) is 2.49. The van der Waals surface area contributed by atoms with Crippen molar-refractivity contribution in [1.29, 1.82) is 0 Å². The van der Waals surface area contributed by atoms with Crippen LogP contribution in [0.4, 0.5) is 4.39 Å². The summed E-state index contributed by atoms with van der Waals surface area (Å²) in [6, 6.07) is 7.85. The highest BCUT2D eigenvalue weighted by Gasteiger charge is 2.13. The first-order chi connectivity index (χ1) is 9.02. The number of benzene rings is 2. The monoisotopic (exact) mass is 262 g/mol. The molecule has 5 heteroatoms. The van der Waals surface area contributed by atoms with Crippen molar-refractivity contribution in [2.75, 3.05) is 7.11 Å². The summed E-state index contributed by atoms with van der Waals surface area (Å²) in [6.07, 6.45) is 0. The first-order valence-corrected chi connectivity index (χ1v) is 5.43. The second kappa shape index (κ2) is 4.97. The Labute approximate surface area is 108 Å². The molecule has 0 aliphatic heterocycles. The van der Waals surface area contributed by atoms with Crippen LogP contribution in [-0.4, -0.2) is 23.3 Å². The van der Waals surface area contributed by atoms with E-state index in [-0.39, 0.29) is 17.1 Å². The fourth-order valence-electron chi connectivity index (χ4n) is 1.78. The van der Waals surface area contributed by atoms with Crippen LogP contribution >= 0.6 is 0 Å². The van der Waals surface area contributed by atoms with Crippen LogP contribution in [0.5, 0.6) is 11.5 Å². The summed E-state index contributed by atoms with van der Waals surface area (Å²) in [5.41, 5.74) is 0.836. The maximum absolute atomic E-state index is 13.1. The van der Waals surface area contributed by atoms with E-state index in [1.165, 1.54) is 37.4 Å². The van der Waals surface area contributed by atoms with Gasteiger partial charge in [0, 0.05) is 17.2 Å². The highest BCUT2D eigenvalue weighted by Crippen LogP contribution is 2.36. The van der Waals surface area contributed by atoms with Gasteiger partial charge in [-0.15, -0.1) is 0 Å². The summed E-state index contributed by atoms with van der Waals surface area (Å²) < 4.78 is 18.1. The fourth-order valence-corrected chi connectivity index (χ4v) is 1.78. The van der Waals surface area contributed by atoms with Gasteiger partial charge >= 0.3 is 5.97 Å². The van der Waals surface area contributed by atoms with Crippen molar-refractivity contribution in [3.8, 4) is 22.6 Å². The largest absolute Gasteiger partial charge is 0.507 e. The zero-order valence-corrected chi connectivity index (χ0v) is 10.1. The third-order valence-electron chi connectivity index (χ3n) is 2.70. The topological polar surface area (TPSA) is 66.8 Å². The van der Waals surface area contributed by atoms with Crippen LogP contribution in [0.25, 0.3) is 11.1 Å². The summed E-state index contributed by atoms with van der Waals surface area (Å²) in [6.45, 7) is 0. The van der Waals surface area contributed by atoms with Crippen LogP contribution in [0.15, 0.2) is 36.4 Å². The molecule has 2 N–H and O–H groups in total. The van der Waals surface area contributed by atoms with E-state index >= 15 is 0 Å². The molecule has 2 aromatic carbocycles. The number of phenols is 1. The molecule has 0 atom stereocenters. The number of methoxy groups -OCH3 is 1. The van der Waals surface area contributed by atoms with Crippen LogP contribution in [0, 0.1) is 5.82 Å². The summed E-state index contributed by atoms with van der Waals surface area (Å²) in [4.78, 5) is 10.8. The SMILES string of the molecule is COc1cc(F)ccc1-c1ccc(C(=O)O)cc1O. The lowest BCUT2D eigenvalue weighted by molar-refractivity contribution is 0.0696. The summed E-state index contributed by atoms with van der Waals surface area (Å²) >= 11 is 0. The number of carboxylic acids is 1. The maximum Gasteiger partial charge on any atom is 0.335 e. The van der Waals surface area contributed by atoms with Gasteiger partial charge in [-0.1, -0.05) is 0 Å². The lowest BCUT2D eigenvalue weighted by Gasteiger charge is -2.10. The van der Waals surface area contributed by atoms with Gasteiger partial charge in [0.15, 0.2) is 0 Å². The number of halogens is 1. The van der Waals surface area contributed by atoms with Gasteiger partial charge in [0.25, 0.3) is 0 Å². The molecule has 98 valence electrons. The van der Waals surface area contributed by atoms with Crippen LogP contribution < -0.4 is 4.74 Å². The molecule has 4 nitrogen and oxygen atoms in total. The van der Waals surface area contributed by atoms with E-state index in [1.54, 1.807) is 0 Å². The van der Waals surface area contributed by atoms with Crippen molar-refractivity contribution in [1.82, 2.24) is 0 Å². The summed E-state index contributed by atoms with van der Waals surface area (Å²) in [7, 11) is 1.39. The van der Waals surface area contributed by atoms with Gasteiger partial charge in [0.1, 0.15) is 17.3 Å². The molecule has 0 aliphatic carbocycles. The number of carbonyl (C=O) groups is 1. The number of aromatic carboxylic acids is 1. The molecule has 0 amide bonds. The van der Waals surface area contributed by atoms with Gasteiger partial charge in [0.2, 0.25) is 0 Å². The molecule has 0 fully saturated rings. The number of carboxylic acid groups (broad SMARTS) is 1. The lowest BCUT2D eigenvalue weighted by Crippen LogP contribution is -1.96. The molecule has 2 aromatic rings. The second-order valence-electron chi connectivity index (χ2n) is 3.88. The van der Waals surface area contributed by atoms with E-state index in [0.29, 0.717) is 11.1 Å². The van der Waals surface area contributed by atoms with Crippen molar-refractivity contribution in [3.05, 3.63) is 47.8 Å². The Bertz CT molecular complexity index is 637. The number of aromatic hydroxyl groups is 1. The Morgan fingerprint density at radius 3 is 2.42 bits per heavy atom. The Morgan fingerprint density at radius 1 is 1.16 bits per heavy atom. The highest BCUT2D eigenvalue weighted by molar-refractivity contribution is 5.90. The minimum absolute atomic E-state index is 0.0256. The molecule has 0 bridgehead atoms. The normalized spacial score (nSPS) is 10.2. The predicted octanol–water partition coefficient (Wildman–Crippen LogP) is 2.91. The van der Waals surface area contributed by atoms with Crippen molar-refractivity contribution in [2.24, 2.45) is 0 Å². The van der Waals surface area contributed by atoms with Crippen molar-refractivity contribution < 1.29 is 24.1 Å². The molecule has 0 saturated heterocycles. The predicted molar refractivity (Wildman–Crippen MR) is 67.0 cm³/mol. The van der Waals surface area contributed by atoms with Crippen molar-refractivity contribution in [2.45, 2.75) is 0 Å². The number of hydrogen-bond donors (Lipinski definition) is 2. The van der Waals surface area contributed by atoms with Crippen LogP contribution in [0.3, 0.4) is 0 Å². The average molecular weight is 262 g/mol. The number of rotatable bonds is 3. The van der Waals surface area contributed by atoms with E-state index in [0.717, 1.165) is 6.07 Å². The number of hydrogen-bond acceptors (Lipinski definition) is 3. The van der Waals surface area contributed by atoms with Crippen molar-refractivity contribution >= 4 is 5.97 Å². The average Bonchev–Trinajstić information content (AvgIpc) is 2.38. The van der Waals surface area contributed by atoms with Gasteiger partial charge in [-0.2, -0.15) is 0 Å². The third-order valence-corrected chi connectivity index (χ3v) is 2.70. The van der Waals surface area contributed by atoms with Crippen LogP contribution in [0.2, 0.25) is 0 Å². The fraction of sp³-hybridized carbons (Fsp3) is 0.0714. The summed E-state index contributed by atoms with van der Waals surface area (Å²) in [5.74, 6) is -1.53. The molecule has 19 heavy (non-hydrogen) atoms. The lowest BCUT2D eigenvalue weighted by atomic mass is 10.0. The van der Waals surface area contributed by atoms with Gasteiger partial charge in [-0.25, -0.2) is 9.18 Å². The molecular weight excluding hydrogens is 251 g/mol. The van der Waals surface area contributed by atoms with Gasteiger partial charge in [-0.3, -0.25) is 0 Å². The van der Waals surface area contributed by atoms with E-state index < -0.39 is 11.8 Å². The Hall–Kier alpha value is -2.56. The van der Waals surface area contributed by atoms with Crippen LogP contribution in [-0.2, 0) is 0 Å². The molecule has 0 radical (unpaired) electrons. The standard InChI is InChI=1S/C14H11FO4/c1-19-13-7-9(15)3-5-11(13)10-4-2-8(14(17)18)6-12(10)16/h2-7,16H,1H3,(H,17,18). The number of phenolic OH excluding ortho intramolecular Hbond substituents is 1. The van der Waals surface area contributed by atoms with Gasteiger partial charge in [0.05, 0.1) is 12.7 Å². The Morgan fingerprint density at radius 2 is 1.84 bits per heavy atom. The van der Waals surface area contributed by atoms with Gasteiger partial charge in [-0.05, 0) is 30.3 Å². The van der Waals surface area contributed by atoms with Crippen molar-refractivity contribution in [3.63, 3.8) is 0 Å². The molecule has 0 aromatic heterocycles. The van der Waals surface area contributed by atoms with Gasteiger partial charge < -0.3 is 14.9 Å². The highest BCUT2D eigenvalue weighted by atomic mass is 19.1. The zero-order chi connectivity index (χ0) is 14.0. The molecule has 2 rings (SSSR count). The molecule has 0 spiro atoms. The zero-order valence-electron chi connectivity index (χ0n) is 10.1. The van der Waals surface area contributed by atoms with E-state index in [2.05, 4.69) is 0 Å². The van der Waals surface area contributed by atoms with Crippen LogP contribution in [0.1, 0.15) is 10.4 Å². The molecule has 0 aliphatic rings. The minimum atomic E-state index is -1.13. The Kier molecular flexibility index (Phi) is 3.37. The first-order valence-electron chi connectivity index (χ1n) is 5.43. The quantitative estimate of drug-likeness (QED) is 0.892. The molecular formula is C14H11FO4. The first kappa shape index (κ1) is 12.9.